The average Bonchev–Trinajstić information content (AvgIpc) is 2.66. The number of benzene rings is 1. The zero-order chi connectivity index (χ0) is 17.4. The van der Waals surface area contributed by atoms with Gasteiger partial charge in [0.05, 0.1) is 0 Å². The van der Waals surface area contributed by atoms with E-state index < -0.39 is 0 Å². The molecule has 4 heteroatoms. The van der Waals surface area contributed by atoms with Crippen molar-refractivity contribution < 1.29 is 9.13 Å². The van der Waals surface area contributed by atoms with Crippen LogP contribution in [0, 0.1) is 0 Å². The number of aromatic nitrogens is 3. The Labute approximate surface area is 152 Å². The van der Waals surface area contributed by atoms with E-state index in [1.165, 1.54) is 49.7 Å². The molecular weight excluding hydrogens is 317 g/mol. The SMILES string of the molecule is C[n+]1cccc2c1B1c3c(cncc3-c3cccc4cc[n+](C)c1c34)C2. The summed E-state index contributed by atoms with van der Waals surface area (Å²) >= 11 is 0. The molecule has 0 N–H and O–H groups in total. The molecule has 1 aromatic carbocycles. The van der Waals surface area contributed by atoms with Crippen LogP contribution in [0.15, 0.2) is 61.2 Å². The fourth-order valence-corrected chi connectivity index (χ4v) is 5.05. The van der Waals surface area contributed by atoms with Gasteiger partial charge in [-0.2, -0.15) is 0 Å². The summed E-state index contributed by atoms with van der Waals surface area (Å²) in [4.78, 5) is 4.60. The minimum absolute atomic E-state index is 0.251. The van der Waals surface area contributed by atoms with E-state index in [2.05, 4.69) is 89.4 Å². The molecule has 0 bridgehead atoms. The number of pyridine rings is 3. The quantitative estimate of drug-likeness (QED) is 0.289. The fraction of sp³-hybridized carbons (Fsp3) is 0.136. The van der Waals surface area contributed by atoms with Crippen molar-refractivity contribution >= 4 is 34.1 Å². The van der Waals surface area contributed by atoms with Crippen LogP contribution in [0.3, 0.4) is 0 Å². The third-order valence-corrected chi connectivity index (χ3v) is 6.10. The molecule has 122 valence electrons. The molecule has 0 radical (unpaired) electrons. The number of aryl methyl sites for hydroxylation is 2. The number of hydrogen-bond donors (Lipinski definition) is 0. The van der Waals surface area contributed by atoms with E-state index >= 15 is 0 Å². The Hall–Kier alpha value is -3.01. The van der Waals surface area contributed by atoms with E-state index in [1.54, 1.807) is 0 Å². The second-order valence-corrected chi connectivity index (χ2v) is 7.48. The first-order chi connectivity index (χ1) is 12.7. The first-order valence-corrected chi connectivity index (χ1v) is 9.10. The summed E-state index contributed by atoms with van der Waals surface area (Å²) in [5.74, 6) is 0. The van der Waals surface area contributed by atoms with Gasteiger partial charge in [0, 0.05) is 41.9 Å². The smallest absolute Gasteiger partial charge is 0.264 e. The van der Waals surface area contributed by atoms with Gasteiger partial charge >= 0.3 is 6.71 Å². The lowest BCUT2D eigenvalue weighted by Crippen LogP contribution is -2.74. The van der Waals surface area contributed by atoms with Gasteiger partial charge in [0.25, 0.3) is 0 Å². The van der Waals surface area contributed by atoms with Crippen molar-refractivity contribution in [3.63, 3.8) is 0 Å². The third-order valence-electron chi connectivity index (χ3n) is 6.10. The molecule has 0 aliphatic carbocycles. The molecule has 4 aromatic rings. The van der Waals surface area contributed by atoms with Gasteiger partial charge in [-0.25, -0.2) is 9.13 Å². The lowest BCUT2D eigenvalue weighted by atomic mass is 9.33. The van der Waals surface area contributed by atoms with Crippen LogP contribution < -0.4 is 25.8 Å². The van der Waals surface area contributed by atoms with E-state index in [-0.39, 0.29) is 6.71 Å². The van der Waals surface area contributed by atoms with Crippen LogP contribution >= 0.6 is 0 Å². The van der Waals surface area contributed by atoms with Crippen LogP contribution in [0.2, 0.25) is 0 Å². The molecule has 0 saturated carbocycles. The van der Waals surface area contributed by atoms with Gasteiger partial charge in [0.1, 0.15) is 14.1 Å². The molecule has 6 rings (SSSR count). The Bertz CT molecular complexity index is 1250. The zero-order valence-electron chi connectivity index (χ0n) is 14.9. The summed E-state index contributed by atoms with van der Waals surface area (Å²) in [6.45, 7) is 0.251. The number of nitrogens with zero attached hydrogens (tertiary/aromatic N) is 3. The zero-order valence-corrected chi connectivity index (χ0v) is 14.9. The van der Waals surface area contributed by atoms with E-state index in [1.807, 2.05) is 0 Å². The van der Waals surface area contributed by atoms with Gasteiger partial charge in [-0.05, 0) is 33.6 Å². The predicted octanol–water partition coefficient (Wildman–Crippen LogP) is 0.285. The van der Waals surface area contributed by atoms with Crippen LogP contribution in [0.4, 0.5) is 0 Å². The highest BCUT2D eigenvalue weighted by molar-refractivity contribution is 6.97. The van der Waals surface area contributed by atoms with Crippen molar-refractivity contribution in [2.45, 2.75) is 6.42 Å². The first kappa shape index (κ1) is 14.2. The molecule has 2 aliphatic rings. The number of fused-ring (bicyclic) bond motifs is 4. The molecule has 0 saturated heterocycles. The van der Waals surface area contributed by atoms with Gasteiger partial charge in [-0.1, -0.05) is 18.2 Å². The van der Waals surface area contributed by atoms with Crippen LogP contribution in [0.25, 0.3) is 21.9 Å². The maximum Gasteiger partial charge on any atom is 0.407 e. The van der Waals surface area contributed by atoms with Gasteiger partial charge in [-0.3, -0.25) is 4.98 Å². The normalized spacial score (nSPS) is 13.5. The summed E-state index contributed by atoms with van der Waals surface area (Å²) < 4.78 is 4.62. The van der Waals surface area contributed by atoms with Gasteiger partial charge < -0.3 is 0 Å². The summed E-state index contributed by atoms with van der Waals surface area (Å²) in [5.41, 5.74) is 9.62. The molecule has 5 heterocycles. The first-order valence-electron chi connectivity index (χ1n) is 9.10. The molecule has 0 amide bonds. The van der Waals surface area contributed by atoms with Crippen molar-refractivity contribution in [3.05, 3.63) is 72.3 Å². The molecular formula is C22H18BN3+2. The van der Waals surface area contributed by atoms with Crippen molar-refractivity contribution in [1.29, 1.82) is 0 Å². The largest absolute Gasteiger partial charge is 0.407 e. The Morgan fingerprint density at radius 3 is 2.65 bits per heavy atom. The third kappa shape index (κ3) is 1.62. The topological polar surface area (TPSA) is 20.6 Å². The summed E-state index contributed by atoms with van der Waals surface area (Å²) in [6.07, 6.45) is 9.45. The van der Waals surface area contributed by atoms with Gasteiger partial charge in [0.2, 0.25) is 0 Å². The van der Waals surface area contributed by atoms with Crippen LogP contribution in [0.5, 0.6) is 0 Å². The Morgan fingerprint density at radius 1 is 0.846 bits per heavy atom. The van der Waals surface area contributed by atoms with E-state index in [0.717, 1.165) is 6.42 Å². The molecule has 26 heavy (non-hydrogen) atoms. The van der Waals surface area contributed by atoms with Crippen molar-refractivity contribution in [2.24, 2.45) is 14.1 Å². The Balaban J connectivity index is 1.87. The average molecular weight is 335 g/mol. The second-order valence-electron chi connectivity index (χ2n) is 7.48. The van der Waals surface area contributed by atoms with Gasteiger partial charge in [-0.15, -0.1) is 0 Å². The van der Waals surface area contributed by atoms with E-state index in [9.17, 15) is 0 Å². The van der Waals surface area contributed by atoms with Gasteiger partial charge in [0.15, 0.2) is 23.6 Å². The molecule has 3 aromatic heterocycles. The molecule has 3 nitrogen and oxygen atoms in total. The standard InChI is InChI=1S/C22H18BN3/c1-25-9-4-6-15-11-16-12-24-13-18-17-7-3-5-14-8-10-26(2)22(19(14)17)23(20(16)18)21(15)25/h3-10,12-13H,11H2,1-2H3/q+2. The number of rotatable bonds is 0. The van der Waals surface area contributed by atoms with E-state index in [0.29, 0.717) is 0 Å². The summed E-state index contributed by atoms with van der Waals surface area (Å²) in [6, 6.07) is 13.3. The molecule has 2 aliphatic heterocycles. The summed E-state index contributed by atoms with van der Waals surface area (Å²) in [7, 11) is 4.35. The van der Waals surface area contributed by atoms with Crippen LogP contribution in [0.1, 0.15) is 11.1 Å². The van der Waals surface area contributed by atoms with Crippen molar-refractivity contribution in [1.82, 2.24) is 4.98 Å². The summed E-state index contributed by atoms with van der Waals surface area (Å²) in [5, 5.41) is 2.67. The lowest BCUT2D eigenvalue weighted by Gasteiger charge is -2.28. The highest BCUT2D eigenvalue weighted by Crippen LogP contribution is 2.31. The van der Waals surface area contributed by atoms with Crippen LogP contribution in [-0.4, -0.2) is 11.7 Å². The predicted molar refractivity (Wildman–Crippen MR) is 103 cm³/mol. The van der Waals surface area contributed by atoms with Crippen molar-refractivity contribution in [3.8, 4) is 11.1 Å². The highest BCUT2D eigenvalue weighted by Gasteiger charge is 2.48. The fourth-order valence-electron chi connectivity index (χ4n) is 5.05. The second kappa shape index (κ2) is 4.79. The molecule has 0 unspecified atom stereocenters. The maximum absolute atomic E-state index is 4.60. The maximum atomic E-state index is 4.60. The van der Waals surface area contributed by atoms with E-state index in [4.69, 9.17) is 0 Å². The van der Waals surface area contributed by atoms with Crippen LogP contribution in [-0.2, 0) is 20.5 Å². The molecule has 0 atom stereocenters. The number of hydrogen-bond acceptors (Lipinski definition) is 1. The Kier molecular flexibility index (Phi) is 2.61. The van der Waals surface area contributed by atoms with Crippen molar-refractivity contribution in [2.75, 3.05) is 0 Å². The lowest BCUT2D eigenvalue weighted by molar-refractivity contribution is -0.658. The molecule has 0 fully saturated rings. The molecule has 0 spiro atoms. The monoisotopic (exact) mass is 335 g/mol. The minimum Gasteiger partial charge on any atom is -0.264 e. The minimum atomic E-state index is 0.251. The Morgan fingerprint density at radius 2 is 1.73 bits per heavy atom. The highest BCUT2D eigenvalue weighted by atomic mass is 14.9.